The number of rotatable bonds is 4. The zero-order valence-electron chi connectivity index (χ0n) is 10.2. The average molecular weight is 235 g/mol. The first-order valence-corrected chi connectivity index (χ1v) is 6.07. The van der Waals surface area contributed by atoms with Gasteiger partial charge in [-0.2, -0.15) is 0 Å². The van der Waals surface area contributed by atoms with E-state index in [-0.39, 0.29) is 6.04 Å². The van der Waals surface area contributed by atoms with Crippen LogP contribution in [0.4, 0.5) is 0 Å². The van der Waals surface area contributed by atoms with Gasteiger partial charge in [0.05, 0.1) is 0 Å². The van der Waals surface area contributed by atoms with Crippen LogP contribution in [-0.2, 0) is 0 Å². The molecule has 0 bridgehead atoms. The topological polar surface area (TPSA) is 26.0 Å². The van der Waals surface area contributed by atoms with Crippen LogP contribution in [0, 0.1) is 0 Å². The second kappa shape index (κ2) is 6.58. The quantitative estimate of drug-likeness (QED) is 0.858. The fraction of sp³-hybridized carbons (Fsp3) is 0.0588. The first kappa shape index (κ1) is 12.3. The minimum atomic E-state index is -0.0644. The molecule has 1 nitrogen and oxygen atoms in total. The monoisotopic (exact) mass is 235 g/mol. The molecule has 0 saturated carbocycles. The summed E-state index contributed by atoms with van der Waals surface area (Å²) in [5.74, 6) is 0. The summed E-state index contributed by atoms with van der Waals surface area (Å²) >= 11 is 0. The minimum Gasteiger partial charge on any atom is -0.321 e. The normalized spacial score (nSPS) is 13.2. The second-order valence-electron chi connectivity index (χ2n) is 4.12. The van der Waals surface area contributed by atoms with Crippen molar-refractivity contribution in [3.05, 3.63) is 83.9 Å². The summed E-state index contributed by atoms with van der Waals surface area (Å²) in [5.41, 5.74) is 8.33. The lowest BCUT2D eigenvalue weighted by molar-refractivity contribution is 1.04. The van der Waals surface area contributed by atoms with E-state index in [0.29, 0.717) is 0 Å². The maximum absolute atomic E-state index is 6.00. The standard InChI is InChI=1S/C17H17N/c18-17(13-11-15-7-3-1-4-8-15)14-12-16-9-5-2-6-10-16/h1-14,17H,18H2. The molecular formula is C17H17N. The molecule has 0 amide bonds. The van der Waals surface area contributed by atoms with Gasteiger partial charge >= 0.3 is 0 Å². The third kappa shape index (κ3) is 4.04. The van der Waals surface area contributed by atoms with Crippen molar-refractivity contribution in [3.63, 3.8) is 0 Å². The summed E-state index contributed by atoms with van der Waals surface area (Å²) in [5, 5.41) is 0. The van der Waals surface area contributed by atoms with Crippen molar-refractivity contribution < 1.29 is 0 Å². The van der Waals surface area contributed by atoms with Crippen molar-refractivity contribution in [3.8, 4) is 0 Å². The molecule has 90 valence electrons. The molecule has 0 aliphatic rings. The van der Waals surface area contributed by atoms with Gasteiger partial charge in [-0.15, -0.1) is 0 Å². The fourth-order valence-electron chi connectivity index (χ4n) is 1.64. The maximum Gasteiger partial charge on any atom is 0.0416 e. The molecule has 0 aliphatic heterocycles. The van der Waals surface area contributed by atoms with E-state index in [2.05, 4.69) is 24.3 Å². The van der Waals surface area contributed by atoms with Crippen molar-refractivity contribution in [1.82, 2.24) is 0 Å². The summed E-state index contributed by atoms with van der Waals surface area (Å²) in [6.07, 6.45) is 8.07. The minimum absolute atomic E-state index is 0.0644. The van der Waals surface area contributed by atoms with E-state index >= 15 is 0 Å². The molecule has 2 rings (SSSR count). The van der Waals surface area contributed by atoms with Crippen LogP contribution in [0.25, 0.3) is 12.2 Å². The van der Waals surface area contributed by atoms with Crippen molar-refractivity contribution in [2.45, 2.75) is 6.04 Å². The van der Waals surface area contributed by atoms with Crippen LogP contribution in [-0.4, -0.2) is 6.04 Å². The molecule has 0 radical (unpaired) electrons. The molecule has 1 heteroatoms. The van der Waals surface area contributed by atoms with Gasteiger partial charge in [0.15, 0.2) is 0 Å². The number of benzene rings is 2. The van der Waals surface area contributed by atoms with Crippen LogP contribution in [0.5, 0.6) is 0 Å². The Labute approximate surface area is 108 Å². The fourth-order valence-corrected chi connectivity index (χ4v) is 1.64. The van der Waals surface area contributed by atoms with Gasteiger partial charge in [0, 0.05) is 6.04 Å². The molecule has 0 fully saturated rings. The van der Waals surface area contributed by atoms with Crippen LogP contribution in [0.15, 0.2) is 72.8 Å². The zero-order chi connectivity index (χ0) is 12.6. The molecule has 0 aromatic heterocycles. The molecule has 0 saturated heterocycles. The van der Waals surface area contributed by atoms with E-state index in [9.17, 15) is 0 Å². The maximum atomic E-state index is 6.00. The van der Waals surface area contributed by atoms with Crippen molar-refractivity contribution in [2.24, 2.45) is 5.73 Å². The van der Waals surface area contributed by atoms with Gasteiger partial charge in [0.25, 0.3) is 0 Å². The Kier molecular flexibility index (Phi) is 4.51. The van der Waals surface area contributed by atoms with E-state index in [1.54, 1.807) is 0 Å². The molecular weight excluding hydrogens is 218 g/mol. The molecule has 2 aromatic carbocycles. The van der Waals surface area contributed by atoms with Gasteiger partial charge in [-0.25, -0.2) is 0 Å². The van der Waals surface area contributed by atoms with Gasteiger partial charge in [0.1, 0.15) is 0 Å². The molecule has 0 heterocycles. The molecule has 0 atom stereocenters. The van der Waals surface area contributed by atoms with E-state index < -0.39 is 0 Å². The molecule has 2 N–H and O–H groups in total. The Morgan fingerprint density at radius 2 is 1.06 bits per heavy atom. The van der Waals surface area contributed by atoms with Crippen molar-refractivity contribution in [2.75, 3.05) is 0 Å². The second-order valence-corrected chi connectivity index (χ2v) is 4.12. The van der Waals surface area contributed by atoms with Crippen LogP contribution in [0.1, 0.15) is 11.1 Å². The number of hydrogen-bond acceptors (Lipinski definition) is 1. The van der Waals surface area contributed by atoms with Crippen LogP contribution < -0.4 is 5.73 Å². The Morgan fingerprint density at radius 3 is 1.44 bits per heavy atom. The molecule has 0 unspecified atom stereocenters. The molecule has 18 heavy (non-hydrogen) atoms. The van der Waals surface area contributed by atoms with Crippen molar-refractivity contribution >= 4 is 12.2 Å². The predicted octanol–water partition coefficient (Wildman–Crippen LogP) is 3.74. The number of hydrogen-bond donors (Lipinski definition) is 1. The Hall–Kier alpha value is -2.12. The summed E-state index contributed by atoms with van der Waals surface area (Å²) < 4.78 is 0. The van der Waals surface area contributed by atoms with Gasteiger partial charge in [-0.1, -0.05) is 85.0 Å². The largest absolute Gasteiger partial charge is 0.321 e. The smallest absolute Gasteiger partial charge is 0.0416 e. The molecule has 2 aromatic rings. The lowest BCUT2D eigenvalue weighted by atomic mass is 10.1. The van der Waals surface area contributed by atoms with Gasteiger partial charge in [-0.05, 0) is 11.1 Å². The zero-order valence-corrected chi connectivity index (χ0v) is 10.2. The summed E-state index contributed by atoms with van der Waals surface area (Å²) in [6, 6.07) is 20.3. The summed E-state index contributed by atoms with van der Waals surface area (Å²) in [4.78, 5) is 0. The molecule has 0 aliphatic carbocycles. The lowest BCUT2D eigenvalue weighted by Crippen LogP contribution is -2.12. The third-order valence-electron chi connectivity index (χ3n) is 2.62. The first-order chi connectivity index (χ1) is 8.84. The number of nitrogens with two attached hydrogens (primary N) is 1. The van der Waals surface area contributed by atoms with Crippen LogP contribution in [0.2, 0.25) is 0 Å². The first-order valence-electron chi connectivity index (χ1n) is 6.07. The highest BCUT2D eigenvalue weighted by Crippen LogP contribution is 2.04. The Bertz CT molecular complexity index is 462. The SMILES string of the molecule is NC(C=Cc1ccccc1)C=Cc1ccccc1. The van der Waals surface area contributed by atoms with Crippen molar-refractivity contribution in [1.29, 1.82) is 0 Å². The third-order valence-corrected chi connectivity index (χ3v) is 2.62. The Morgan fingerprint density at radius 1 is 0.667 bits per heavy atom. The highest BCUT2D eigenvalue weighted by Gasteiger charge is 1.91. The van der Waals surface area contributed by atoms with Crippen LogP contribution in [0.3, 0.4) is 0 Å². The summed E-state index contributed by atoms with van der Waals surface area (Å²) in [6.45, 7) is 0. The highest BCUT2D eigenvalue weighted by atomic mass is 14.6. The van der Waals surface area contributed by atoms with Crippen LogP contribution >= 0.6 is 0 Å². The predicted molar refractivity (Wildman–Crippen MR) is 78.9 cm³/mol. The van der Waals surface area contributed by atoms with Gasteiger partial charge < -0.3 is 5.73 Å². The van der Waals surface area contributed by atoms with Gasteiger partial charge in [-0.3, -0.25) is 0 Å². The lowest BCUT2D eigenvalue weighted by Gasteiger charge is -1.99. The van der Waals surface area contributed by atoms with Gasteiger partial charge in [0.2, 0.25) is 0 Å². The summed E-state index contributed by atoms with van der Waals surface area (Å²) in [7, 11) is 0. The Balaban J connectivity index is 1.95. The molecule has 0 spiro atoms. The van der Waals surface area contributed by atoms with E-state index in [0.717, 1.165) is 0 Å². The van der Waals surface area contributed by atoms with E-state index in [1.165, 1.54) is 11.1 Å². The highest BCUT2D eigenvalue weighted by molar-refractivity contribution is 5.53. The van der Waals surface area contributed by atoms with E-state index in [4.69, 9.17) is 5.73 Å². The van der Waals surface area contributed by atoms with E-state index in [1.807, 2.05) is 60.7 Å². The average Bonchev–Trinajstić information content (AvgIpc) is 2.45.